The second-order valence-corrected chi connectivity index (χ2v) is 6.24. The molecule has 0 bridgehead atoms. The SMILES string of the molecule is [2H]c1cc2[nH]ncc2c2c3c(c(-c4cn[nH]c4C)nc12)CCCC3. The number of pyridine rings is 1. The van der Waals surface area contributed by atoms with Crippen molar-refractivity contribution in [3.05, 3.63) is 41.3 Å². The van der Waals surface area contributed by atoms with Crippen LogP contribution in [0.25, 0.3) is 33.1 Å². The zero-order valence-corrected chi connectivity index (χ0v) is 12.9. The summed E-state index contributed by atoms with van der Waals surface area (Å²) in [4.78, 5) is 4.93. The Morgan fingerprint density at radius 1 is 1.09 bits per heavy atom. The Labute approximate surface area is 134 Å². The number of fused-ring (bicyclic) bond motifs is 5. The highest BCUT2D eigenvalue weighted by Crippen LogP contribution is 2.38. The van der Waals surface area contributed by atoms with Crippen molar-refractivity contribution in [3.63, 3.8) is 0 Å². The number of nitrogens with one attached hydrogen (secondary N) is 2. The molecule has 1 aromatic carbocycles. The van der Waals surface area contributed by atoms with Crippen LogP contribution in [0.5, 0.6) is 0 Å². The lowest BCUT2D eigenvalue weighted by atomic mass is 9.85. The Morgan fingerprint density at radius 3 is 2.74 bits per heavy atom. The maximum Gasteiger partial charge on any atom is 0.0778 e. The highest BCUT2D eigenvalue weighted by Gasteiger charge is 2.22. The van der Waals surface area contributed by atoms with Gasteiger partial charge in [0.15, 0.2) is 0 Å². The van der Waals surface area contributed by atoms with E-state index in [-0.39, 0.29) is 0 Å². The van der Waals surface area contributed by atoms with Crippen molar-refractivity contribution in [2.75, 3.05) is 0 Å². The molecule has 0 radical (unpaired) electrons. The molecule has 5 nitrogen and oxygen atoms in total. The fourth-order valence-corrected chi connectivity index (χ4v) is 3.77. The second-order valence-electron chi connectivity index (χ2n) is 6.24. The van der Waals surface area contributed by atoms with E-state index in [2.05, 4.69) is 20.4 Å². The van der Waals surface area contributed by atoms with Gasteiger partial charge < -0.3 is 0 Å². The highest BCUT2D eigenvalue weighted by molar-refractivity contribution is 6.07. The van der Waals surface area contributed by atoms with Crippen molar-refractivity contribution in [3.8, 4) is 11.3 Å². The Balaban J connectivity index is 1.98. The molecule has 0 spiro atoms. The third kappa shape index (κ3) is 1.76. The number of rotatable bonds is 1. The van der Waals surface area contributed by atoms with Crippen LogP contribution in [0, 0.1) is 6.92 Å². The first-order chi connectivity index (χ1) is 11.7. The summed E-state index contributed by atoms with van der Waals surface area (Å²) in [6, 6.07) is 2.26. The molecule has 0 saturated heterocycles. The minimum atomic E-state index is 0.442. The number of aromatic amines is 2. The minimum Gasteiger partial charge on any atom is -0.282 e. The van der Waals surface area contributed by atoms with Gasteiger partial charge in [-0.1, -0.05) is 0 Å². The number of aryl methyl sites for hydroxylation is 2. The van der Waals surface area contributed by atoms with E-state index in [1.165, 1.54) is 24.0 Å². The average molecular weight is 304 g/mol. The molecule has 4 aromatic rings. The average Bonchev–Trinajstić information content (AvgIpc) is 3.22. The van der Waals surface area contributed by atoms with E-state index in [1.54, 1.807) is 0 Å². The van der Waals surface area contributed by atoms with Gasteiger partial charge in [-0.3, -0.25) is 10.2 Å². The molecule has 0 unspecified atom stereocenters. The molecular weight excluding hydrogens is 286 g/mol. The quantitative estimate of drug-likeness (QED) is 0.563. The number of hydrogen-bond donors (Lipinski definition) is 2. The van der Waals surface area contributed by atoms with Crippen LogP contribution >= 0.6 is 0 Å². The van der Waals surface area contributed by atoms with Crippen LogP contribution in [0.4, 0.5) is 0 Å². The van der Waals surface area contributed by atoms with Gasteiger partial charge in [0, 0.05) is 22.0 Å². The minimum absolute atomic E-state index is 0.442. The maximum absolute atomic E-state index is 8.44. The molecule has 0 amide bonds. The lowest BCUT2D eigenvalue weighted by Gasteiger charge is -2.21. The number of hydrogen-bond acceptors (Lipinski definition) is 3. The molecule has 5 heteroatoms. The Hall–Kier alpha value is -2.69. The van der Waals surface area contributed by atoms with Crippen LogP contribution in [-0.4, -0.2) is 25.4 Å². The van der Waals surface area contributed by atoms with E-state index in [0.29, 0.717) is 6.04 Å². The lowest BCUT2D eigenvalue weighted by molar-refractivity contribution is 0.689. The van der Waals surface area contributed by atoms with Gasteiger partial charge in [0.05, 0.1) is 30.5 Å². The topological polar surface area (TPSA) is 70.2 Å². The fraction of sp³-hybridized carbons (Fsp3) is 0.278. The third-order valence-electron chi connectivity index (χ3n) is 4.89. The van der Waals surface area contributed by atoms with E-state index < -0.39 is 0 Å². The molecule has 0 aliphatic heterocycles. The summed E-state index contributed by atoms with van der Waals surface area (Å²) >= 11 is 0. The standard InChI is InChI=1S/C18H17N5/c1-10-13(8-19-22-10)18-12-5-3-2-4-11(12)17-14-9-20-23-15(14)6-7-16(17)21-18/h6-9H,2-5H2,1H3,(H,19,22)(H,20,23)/i7D. The molecule has 1 aliphatic carbocycles. The van der Waals surface area contributed by atoms with Gasteiger partial charge in [0.2, 0.25) is 0 Å². The number of benzene rings is 1. The normalized spacial score (nSPS) is 15.1. The van der Waals surface area contributed by atoms with Gasteiger partial charge >= 0.3 is 0 Å². The van der Waals surface area contributed by atoms with E-state index in [0.717, 1.165) is 51.6 Å². The van der Waals surface area contributed by atoms with Crippen LogP contribution < -0.4 is 0 Å². The molecule has 0 atom stereocenters. The monoisotopic (exact) mass is 304 g/mol. The zero-order chi connectivity index (χ0) is 16.3. The van der Waals surface area contributed by atoms with Crippen molar-refractivity contribution in [1.82, 2.24) is 25.4 Å². The Morgan fingerprint density at radius 2 is 1.91 bits per heavy atom. The summed E-state index contributed by atoms with van der Waals surface area (Å²) in [5.74, 6) is 0. The van der Waals surface area contributed by atoms with Crippen LogP contribution in [-0.2, 0) is 12.8 Å². The van der Waals surface area contributed by atoms with Crippen LogP contribution in [0.2, 0.25) is 0 Å². The summed E-state index contributed by atoms with van der Waals surface area (Å²) < 4.78 is 8.44. The van der Waals surface area contributed by atoms with E-state index in [1.807, 2.05) is 25.4 Å². The number of nitrogens with zero attached hydrogens (tertiary/aromatic N) is 3. The largest absolute Gasteiger partial charge is 0.282 e. The van der Waals surface area contributed by atoms with Crippen molar-refractivity contribution in [2.45, 2.75) is 32.6 Å². The third-order valence-corrected chi connectivity index (χ3v) is 4.89. The predicted octanol–water partition coefficient (Wildman–Crippen LogP) is 3.69. The lowest BCUT2D eigenvalue weighted by Crippen LogP contribution is -2.08. The summed E-state index contributed by atoms with van der Waals surface area (Å²) in [7, 11) is 0. The predicted molar refractivity (Wildman–Crippen MR) is 90.4 cm³/mol. The van der Waals surface area contributed by atoms with Gasteiger partial charge in [-0.15, -0.1) is 0 Å². The molecule has 1 aliphatic rings. The smallest absolute Gasteiger partial charge is 0.0778 e. The highest BCUT2D eigenvalue weighted by atomic mass is 15.1. The Kier molecular flexibility index (Phi) is 2.39. The first-order valence-electron chi connectivity index (χ1n) is 8.52. The molecular formula is C18H17N5. The summed E-state index contributed by atoms with van der Waals surface area (Å²) in [6.45, 7) is 2.02. The number of H-pyrrole nitrogens is 2. The van der Waals surface area contributed by atoms with Gasteiger partial charge in [0.25, 0.3) is 0 Å². The van der Waals surface area contributed by atoms with Crippen molar-refractivity contribution < 1.29 is 1.37 Å². The first kappa shape index (κ1) is 11.8. The van der Waals surface area contributed by atoms with Crippen LogP contribution in [0.1, 0.15) is 31.0 Å². The van der Waals surface area contributed by atoms with Crippen molar-refractivity contribution in [2.24, 2.45) is 0 Å². The van der Waals surface area contributed by atoms with Crippen molar-refractivity contribution in [1.29, 1.82) is 0 Å². The molecule has 23 heavy (non-hydrogen) atoms. The van der Waals surface area contributed by atoms with E-state index in [4.69, 9.17) is 6.35 Å². The Bertz CT molecular complexity index is 1090. The van der Waals surface area contributed by atoms with Gasteiger partial charge in [-0.2, -0.15) is 10.2 Å². The van der Waals surface area contributed by atoms with E-state index in [9.17, 15) is 0 Å². The maximum atomic E-state index is 8.44. The van der Waals surface area contributed by atoms with Crippen LogP contribution in [0.15, 0.2) is 24.5 Å². The summed E-state index contributed by atoms with van der Waals surface area (Å²) in [5.41, 5.74) is 7.37. The van der Waals surface area contributed by atoms with E-state index >= 15 is 0 Å². The summed E-state index contributed by atoms with van der Waals surface area (Å²) in [6.07, 6.45) is 8.12. The van der Waals surface area contributed by atoms with Crippen molar-refractivity contribution >= 4 is 21.8 Å². The van der Waals surface area contributed by atoms with Crippen LogP contribution in [0.3, 0.4) is 0 Å². The fourth-order valence-electron chi connectivity index (χ4n) is 3.77. The number of aromatic nitrogens is 5. The summed E-state index contributed by atoms with van der Waals surface area (Å²) in [5, 5.41) is 16.5. The molecule has 0 fully saturated rings. The molecule has 114 valence electrons. The van der Waals surface area contributed by atoms with Gasteiger partial charge in [0.1, 0.15) is 0 Å². The second kappa shape index (κ2) is 4.65. The molecule has 0 saturated carbocycles. The molecule has 3 aromatic heterocycles. The van der Waals surface area contributed by atoms with Gasteiger partial charge in [-0.05, 0) is 55.8 Å². The first-order valence-corrected chi connectivity index (χ1v) is 8.02. The van der Waals surface area contributed by atoms with Gasteiger partial charge in [-0.25, -0.2) is 4.98 Å². The zero-order valence-electron chi connectivity index (χ0n) is 13.9. The molecule has 3 heterocycles. The molecule has 5 rings (SSSR count). The molecule has 2 N–H and O–H groups in total.